The first kappa shape index (κ1) is 10.6. The molecule has 0 aromatic carbocycles. The molecule has 5 heteroatoms. The third kappa shape index (κ3) is 2.35. The molecule has 2 aromatic heterocycles. The van der Waals surface area contributed by atoms with E-state index in [0.717, 1.165) is 14.5 Å². The van der Waals surface area contributed by atoms with Crippen molar-refractivity contribution in [1.82, 2.24) is 9.55 Å². The van der Waals surface area contributed by atoms with Crippen LogP contribution in [0, 0.1) is 6.92 Å². The van der Waals surface area contributed by atoms with E-state index in [1.165, 1.54) is 11.3 Å². The second-order valence-corrected chi connectivity index (χ2v) is 5.59. The van der Waals surface area contributed by atoms with Gasteiger partial charge in [-0.25, -0.2) is 4.98 Å². The number of halogens is 1. The highest BCUT2D eigenvalue weighted by Gasteiger charge is 2.10. The van der Waals surface area contributed by atoms with E-state index in [1.54, 1.807) is 6.20 Å². The lowest BCUT2D eigenvalue weighted by atomic mass is 10.3. The van der Waals surface area contributed by atoms with Crippen LogP contribution in [0.25, 0.3) is 0 Å². The predicted octanol–water partition coefficient (Wildman–Crippen LogP) is 2.90. The van der Waals surface area contributed by atoms with Crippen LogP contribution >= 0.6 is 27.3 Å². The number of aryl methyl sites for hydroxylation is 1. The molecule has 0 atom stereocenters. The van der Waals surface area contributed by atoms with E-state index in [0.29, 0.717) is 6.54 Å². The molecule has 0 radical (unpaired) electrons. The Balaban J connectivity index is 2.14. The Morgan fingerprint density at radius 3 is 2.93 bits per heavy atom. The van der Waals surface area contributed by atoms with Gasteiger partial charge in [-0.05, 0) is 35.0 Å². The molecule has 0 saturated carbocycles. The van der Waals surface area contributed by atoms with Gasteiger partial charge in [0.2, 0.25) is 0 Å². The third-order valence-electron chi connectivity index (χ3n) is 2.09. The van der Waals surface area contributed by atoms with Gasteiger partial charge in [0.25, 0.3) is 0 Å². The minimum absolute atomic E-state index is 0.117. The van der Waals surface area contributed by atoms with E-state index in [1.807, 2.05) is 29.8 Å². The molecule has 2 aromatic rings. The van der Waals surface area contributed by atoms with Crippen molar-refractivity contribution in [3.8, 4) is 0 Å². The molecule has 15 heavy (non-hydrogen) atoms. The van der Waals surface area contributed by atoms with Crippen LogP contribution in [0.5, 0.6) is 0 Å². The molecule has 3 nitrogen and oxygen atoms in total. The van der Waals surface area contributed by atoms with Crippen molar-refractivity contribution in [2.24, 2.45) is 0 Å². The molecule has 0 aliphatic carbocycles. The SMILES string of the molecule is Cc1nccn1CC(=O)c1ccc(Br)s1. The van der Waals surface area contributed by atoms with Gasteiger partial charge in [-0.1, -0.05) is 0 Å². The molecule has 0 N–H and O–H groups in total. The maximum atomic E-state index is 11.8. The van der Waals surface area contributed by atoms with E-state index in [2.05, 4.69) is 20.9 Å². The zero-order valence-electron chi connectivity index (χ0n) is 8.11. The Morgan fingerprint density at radius 2 is 2.40 bits per heavy atom. The summed E-state index contributed by atoms with van der Waals surface area (Å²) >= 11 is 4.80. The fraction of sp³-hybridized carbons (Fsp3) is 0.200. The normalized spacial score (nSPS) is 10.5. The Kier molecular flexibility index (Phi) is 3.02. The third-order valence-corrected chi connectivity index (χ3v) is 3.75. The zero-order valence-corrected chi connectivity index (χ0v) is 10.5. The number of thiophene rings is 1. The molecule has 78 valence electrons. The Labute approximate surface area is 99.9 Å². The van der Waals surface area contributed by atoms with Crippen LogP contribution in [0.4, 0.5) is 0 Å². The fourth-order valence-electron chi connectivity index (χ4n) is 1.27. The van der Waals surface area contributed by atoms with E-state index in [4.69, 9.17) is 0 Å². The van der Waals surface area contributed by atoms with Crippen molar-refractivity contribution < 1.29 is 4.79 Å². The standard InChI is InChI=1S/C10H9BrN2OS/c1-7-12-4-5-13(7)6-8(14)9-2-3-10(11)15-9/h2-5H,6H2,1H3. The number of ketones is 1. The van der Waals surface area contributed by atoms with Gasteiger partial charge in [-0.15, -0.1) is 11.3 Å². The predicted molar refractivity (Wildman–Crippen MR) is 63.3 cm³/mol. The molecule has 0 fully saturated rings. The summed E-state index contributed by atoms with van der Waals surface area (Å²) in [5.41, 5.74) is 0. The molecule has 0 saturated heterocycles. The molecule has 0 aliphatic rings. The molecular weight excluding hydrogens is 276 g/mol. The lowest BCUT2D eigenvalue weighted by molar-refractivity contribution is 0.0975. The maximum Gasteiger partial charge on any atom is 0.192 e. The van der Waals surface area contributed by atoms with Crippen molar-refractivity contribution in [3.63, 3.8) is 0 Å². The zero-order chi connectivity index (χ0) is 10.8. The summed E-state index contributed by atoms with van der Waals surface area (Å²) in [5, 5.41) is 0. The van der Waals surface area contributed by atoms with Crippen LogP contribution in [0.15, 0.2) is 28.3 Å². The summed E-state index contributed by atoms with van der Waals surface area (Å²) in [6, 6.07) is 3.72. The van der Waals surface area contributed by atoms with Crippen molar-refractivity contribution in [2.45, 2.75) is 13.5 Å². The number of rotatable bonds is 3. The maximum absolute atomic E-state index is 11.8. The number of aromatic nitrogens is 2. The van der Waals surface area contributed by atoms with E-state index < -0.39 is 0 Å². The largest absolute Gasteiger partial charge is 0.327 e. The average Bonchev–Trinajstić information content (AvgIpc) is 2.77. The number of hydrogen-bond donors (Lipinski definition) is 0. The summed E-state index contributed by atoms with van der Waals surface area (Å²) in [6.07, 6.45) is 3.52. The van der Waals surface area contributed by atoms with E-state index in [9.17, 15) is 4.79 Å². The molecule has 0 bridgehead atoms. The van der Waals surface area contributed by atoms with Crippen LogP contribution in [0.2, 0.25) is 0 Å². The molecule has 0 spiro atoms. The van der Waals surface area contributed by atoms with E-state index in [-0.39, 0.29) is 5.78 Å². The second kappa shape index (κ2) is 4.28. The molecule has 2 heterocycles. The van der Waals surface area contributed by atoms with Crippen LogP contribution in [-0.4, -0.2) is 15.3 Å². The number of Topliss-reactive ketones (excluding diaryl/α,β-unsaturated/α-hetero) is 1. The number of carbonyl (C=O) groups excluding carboxylic acids is 1. The highest BCUT2D eigenvalue weighted by molar-refractivity contribution is 9.11. The lowest BCUT2D eigenvalue weighted by Gasteiger charge is -2.01. The van der Waals surface area contributed by atoms with Crippen molar-refractivity contribution >= 4 is 33.0 Å². The van der Waals surface area contributed by atoms with Crippen LogP contribution in [0.1, 0.15) is 15.5 Å². The van der Waals surface area contributed by atoms with Gasteiger partial charge >= 0.3 is 0 Å². The van der Waals surface area contributed by atoms with Crippen LogP contribution < -0.4 is 0 Å². The number of hydrogen-bond acceptors (Lipinski definition) is 3. The Hall–Kier alpha value is -0.940. The van der Waals surface area contributed by atoms with Crippen molar-refractivity contribution in [1.29, 1.82) is 0 Å². The summed E-state index contributed by atoms with van der Waals surface area (Å²) in [6.45, 7) is 2.25. The Bertz CT molecular complexity index is 489. The van der Waals surface area contributed by atoms with Gasteiger partial charge in [0.05, 0.1) is 15.2 Å². The number of nitrogens with zero attached hydrogens (tertiary/aromatic N) is 2. The summed E-state index contributed by atoms with van der Waals surface area (Å²) < 4.78 is 2.82. The fourth-order valence-corrected chi connectivity index (χ4v) is 2.58. The molecular formula is C10H9BrN2OS. The summed E-state index contributed by atoms with van der Waals surface area (Å²) in [4.78, 5) is 16.7. The van der Waals surface area contributed by atoms with Gasteiger partial charge in [-0.2, -0.15) is 0 Å². The number of carbonyl (C=O) groups is 1. The average molecular weight is 285 g/mol. The topological polar surface area (TPSA) is 34.9 Å². The summed E-state index contributed by atoms with van der Waals surface area (Å²) in [7, 11) is 0. The Morgan fingerprint density at radius 1 is 1.60 bits per heavy atom. The molecule has 2 rings (SSSR count). The monoisotopic (exact) mass is 284 g/mol. The highest BCUT2D eigenvalue weighted by atomic mass is 79.9. The smallest absolute Gasteiger partial charge is 0.192 e. The van der Waals surface area contributed by atoms with Gasteiger partial charge < -0.3 is 4.57 Å². The highest BCUT2D eigenvalue weighted by Crippen LogP contribution is 2.22. The van der Waals surface area contributed by atoms with E-state index >= 15 is 0 Å². The van der Waals surface area contributed by atoms with Crippen molar-refractivity contribution in [3.05, 3.63) is 39.0 Å². The first-order chi connectivity index (χ1) is 7.16. The second-order valence-electron chi connectivity index (χ2n) is 3.13. The molecule has 0 amide bonds. The minimum atomic E-state index is 0.117. The van der Waals surface area contributed by atoms with Gasteiger partial charge in [-0.3, -0.25) is 4.79 Å². The first-order valence-electron chi connectivity index (χ1n) is 4.43. The van der Waals surface area contributed by atoms with Crippen LogP contribution in [-0.2, 0) is 6.54 Å². The van der Waals surface area contributed by atoms with Gasteiger partial charge in [0, 0.05) is 12.4 Å². The quantitative estimate of drug-likeness (QED) is 0.813. The number of imidazole rings is 1. The first-order valence-corrected chi connectivity index (χ1v) is 6.04. The van der Waals surface area contributed by atoms with Gasteiger partial charge in [0.15, 0.2) is 5.78 Å². The molecule has 0 aliphatic heterocycles. The van der Waals surface area contributed by atoms with Crippen molar-refractivity contribution in [2.75, 3.05) is 0 Å². The molecule has 0 unspecified atom stereocenters. The van der Waals surface area contributed by atoms with Gasteiger partial charge in [0.1, 0.15) is 5.82 Å². The van der Waals surface area contributed by atoms with Crippen LogP contribution in [0.3, 0.4) is 0 Å². The minimum Gasteiger partial charge on any atom is -0.327 e. The lowest BCUT2D eigenvalue weighted by Crippen LogP contribution is -2.09. The summed E-state index contributed by atoms with van der Waals surface area (Å²) in [5.74, 6) is 0.978.